The monoisotopic (exact) mass is 276 g/mol. The third-order valence-electron chi connectivity index (χ3n) is 3.02. The Kier molecular flexibility index (Phi) is 4.61. The van der Waals surface area contributed by atoms with Gasteiger partial charge in [0, 0.05) is 19.5 Å². The number of carbonyl (C=O) groups excluding carboxylic acids is 2. The van der Waals surface area contributed by atoms with Crippen molar-refractivity contribution in [3.63, 3.8) is 0 Å². The minimum Gasteiger partial charge on any atom is -0.493 e. The summed E-state index contributed by atoms with van der Waals surface area (Å²) in [6.07, 6.45) is 0.362. The maximum absolute atomic E-state index is 11.6. The van der Waals surface area contributed by atoms with Gasteiger partial charge in [-0.3, -0.25) is 10.1 Å². The Morgan fingerprint density at radius 3 is 2.55 bits per heavy atom. The summed E-state index contributed by atoms with van der Waals surface area (Å²) >= 11 is 0. The molecule has 0 atom stereocenters. The first kappa shape index (κ1) is 14.4. The van der Waals surface area contributed by atoms with Gasteiger partial charge in [-0.25, -0.2) is 4.79 Å². The molecule has 0 aliphatic carbocycles. The van der Waals surface area contributed by atoms with Gasteiger partial charge in [0.15, 0.2) is 0 Å². The van der Waals surface area contributed by atoms with Crippen molar-refractivity contribution in [1.82, 2.24) is 10.2 Å². The van der Waals surface area contributed by atoms with Crippen LogP contribution in [0, 0.1) is 5.92 Å². The molecule has 1 heterocycles. The van der Waals surface area contributed by atoms with Crippen molar-refractivity contribution in [3.8, 4) is 5.75 Å². The quantitative estimate of drug-likeness (QED) is 0.896. The molecule has 0 radical (unpaired) electrons. The third-order valence-corrected chi connectivity index (χ3v) is 3.02. The van der Waals surface area contributed by atoms with E-state index in [0.717, 1.165) is 11.3 Å². The number of hydrogen-bond acceptors (Lipinski definition) is 3. The normalized spacial score (nSPS) is 15.4. The van der Waals surface area contributed by atoms with E-state index >= 15 is 0 Å². The average Bonchev–Trinajstić information content (AvgIpc) is 2.41. The number of amides is 3. The van der Waals surface area contributed by atoms with Gasteiger partial charge in [0.2, 0.25) is 5.91 Å². The fraction of sp³-hybridized carbons (Fsp3) is 0.467. The maximum Gasteiger partial charge on any atom is 0.324 e. The molecule has 0 unspecified atom stereocenters. The van der Waals surface area contributed by atoms with E-state index in [-0.39, 0.29) is 11.9 Å². The summed E-state index contributed by atoms with van der Waals surface area (Å²) in [6.45, 7) is 5.87. The molecule has 1 fully saturated rings. The highest BCUT2D eigenvalue weighted by atomic mass is 16.5. The number of nitrogens with zero attached hydrogens (tertiary/aromatic N) is 1. The van der Waals surface area contributed by atoms with Crippen molar-refractivity contribution < 1.29 is 14.3 Å². The molecule has 108 valence electrons. The van der Waals surface area contributed by atoms with Crippen LogP contribution in [-0.2, 0) is 11.3 Å². The van der Waals surface area contributed by atoms with Crippen LogP contribution in [0.1, 0.15) is 25.8 Å². The molecule has 5 heteroatoms. The molecule has 20 heavy (non-hydrogen) atoms. The molecular weight excluding hydrogens is 256 g/mol. The van der Waals surface area contributed by atoms with Crippen LogP contribution >= 0.6 is 0 Å². The Balaban J connectivity index is 1.90. The topological polar surface area (TPSA) is 58.6 Å². The smallest absolute Gasteiger partial charge is 0.324 e. The molecule has 3 amide bonds. The number of carbonyl (C=O) groups is 2. The van der Waals surface area contributed by atoms with Crippen LogP contribution in [0.4, 0.5) is 4.79 Å². The van der Waals surface area contributed by atoms with Crippen molar-refractivity contribution >= 4 is 11.9 Å². The molecule has 2 rings (SSSR count). The Labute approximate surface area is 118 Å². The number of benzene rings is 1. The molecule has 5 nitrogen and oxygen atoms in total. The summed E-state index contributed by atoms with van der Waals surface area (Å²) in [5, 5.41) is 2.32. The standard InChI is InChI=1S/C15H20N2O3/c1-11(2)10-20-13-5-3-12(4-6-13)9-17-8-7-14(18)16-15(17)19/h3-6,11H,7-10H2,1-2H3,(H,16,18,19). The lowest BCUT2D eigenvalue weighted by Crippen LogP contribution is -2.48. The maximum atomic E-state index is 11.6. The van der Waals surface area contributed by atoms with Crippen molar-refractivity contribution in [3.05, 3.63) is 29.8 Å². The molecule has 0 bridgehead atoms. The van der Waals surface area contributed by atoms with E-state index in [2.05, 4.69) is 19.2 Å². The number of rotatable bonds is 5. The molecule has 1 aliphatic rings. The van der Waals surface area contributed by atoms with Crippen LogP contribution in [0.15, 0.2) is 24.3 Å². The fourth-order valence-corrected chi connectivity index (χ4v) is 1.92. The van der Waals surface area contributed by atoms with Crippen LogP contribution in [0.3, 0.4) is 0 Å². The summed E-state index contributed by atoms with van der Waals surface area (Å²) in [5.41, 5.74) is 1.02. The van der Waals surface area contributed by atoms with Crippen molar-refractivity contribution in [1.29, 1.82) is 0 Å². The molecule has 0 spiro atoms. The highest BCUT2D eigenvalue weighted by molar-refractivity contribution is 5.96. The molecule has 1 aromatic carbocycles. The van der Waals surface area contributed by atoms with Gasteiger partial charge >= 0.3 is 6.03 Å². The Morgan fingerprint density at radius 1 is 1.25 bits per heavy atom. The van der Waals surface area contributed by atoms with Crippen LogP contribution in [0.5, 0.6) is 5.75 Å². The van der Waals surface area contributed by atoms with Gasteiger partial charge in [-0.05, 0) is 23.6 Å². The molecule has 1 aliphatic heterocycles. The SMILES string of the molecule is CC(C)COc1ccc(CN2CCC(=O)NC2=O)cc1. The molecule has 0 aromatic heterocycles. The second-order valence-corrected chi connectivity index (χ2v) is 5.37. The van der Waals surface area contributed by atoms with Gasteiger partial charge in [0.25, 0.3) is 0 Å². The van der Waals surface area contributed by atoms with Gasteiger partial charge in [-0.1, -0.05) is 26.0 Å². The fourth-order valence-electron chi connectivity index (χ4n) is 1.92. The van der Waals surface area contributed by atoms with Crippen LogP contribution in [-0.4, -0.2) is 30.0 Å². The summed E-state index contributed by atoms with van der Waals surface area (Å²) in [6, 6.07) is 7.38. The number of ether oxygens (including phenoxy) is 1. The first-order valence-corrected chi connectivity index (χ1v) is 6.85. The van der Waals surface area contributed by atoms with Gasteiger partial charge < -0.3 is 9.64 Å². The second-order valence-electron chi connectivity index (χ2n) is 5.37. The van der Waals surface area contributed by atoms with Gasteiger partial charge in [-0.15, -0.1) is 0 Å². The zero-order valence-corrected chi connectivity index (χ0v) is 11.9. The van der Waals surface area contributed by atoms with Crippen molar-refractivity contribution in [2.75, 3.05) is 13.2 Å². The Morgan fingerprint density at radius 2 is 1.95 bits per heavy atom. The predicted octanol–water partition coefficient (Wildman–Crippen LogP) is 2.16. The first-order valence-electron chi connectivity index (χ1n) is 6.85. The van der Waals surface area contributed by atoms with Gasteiger partial charge in [-0.2, -0.15) is 0 Å². The number of urea groups is 1. The average molecular weight is 276 g/mol. The highest BCUT2D eigenvalue weighted by Crippen LogP contribution is 2.15. The van der Waals surface area contributed by atoms with Crippen LogP contribution in [0.2, 0.25) is 0 Å². The highest BCUT2D eigenvalue weighted by Gasteiger charge is 2.22. The number of imide groups is 1. The summed E-state index contributed by atoms with van der Waals surface area (Å²) in [5.74, 6) is 1.12. The van der Waals surface area contributed by atoms with E-state index in [9.17, 15) is 9.59 Å². The minimum absolute atomic E-state index is 0.205. The van der Waals surface area contributed by atoms with Gasteiger partial charge in [0.1, 0.15) is 5.75 Å². The summed E-state index contributed by atoms with van der Waals surface area (Å²) in [7, 11) is 0. The lowest BCUT2D eigenvalue weighted by Gasteiger charge is -2.26. The summed E-state index contributed by atoms with van der Waals surface area (Å²) < 4.78 is 5.61. The van der Waals surface area contributed by atoms with E-state index in [1.54, 1.807) is 4.90 Å². The predicted molar refractivity (Wildman–Crippen MR) is 75.3 cm³/mol. The third kappa shape index (κ3) is 3.98. The van der Waals surface area contributed by atoms with E-state index in [1.165, 1.54) is 0 Å². The zero-order valence-electron chi connectivity index (χ0n) is 11.9. The largest absolute Gasteiger partial charge is 0.493 e. The molecule has 0 saturated carbocycles. The van der Waals surface area contributed by atoms with E-state index in [1.807, 2.05) is 24.3 Å². The van der Waals surface area contributed by atoms with Crippen molar-refractivity contribution in [2.45, 2.75) is 26.8 Å². The Hall–Kier alpha value is -2.04. The zero-order chi connectivity index (χ0) is 14.5. The molecule has 1 saturated heterocycles. The van der Waals surface area contributed by atoms with E-state index in [4.69, 9.17) is 4.74 Å². The van der Waals surface area contributed by atoms with Crippen LogP contribution in [0.25, 0.3) is 0 Å². The van der Waals surface area contributed by atoms with Crippen LogP contribution < -0.4 is 10.1 Å². The van der Waals surface area contributed by atoms with Crippen molar-refractivity contribution in [2.24, 2.45) is 5.92 Å². The summed E-state index contributed by atoms with van der Waals surface area (Å²) in [4.78, 5) is 24.3. The minimum atomic E-state index is -0.318. The lowest BCUT2D eigenvalue weighted by atomic mass is 10.2. The Bertz CT molecular complexity index is 482. The van der Waals surface area contributed by atoms with E-state index in [0.29, 0.717) is 32.0 Å². The molecule has 1 aromatic rings. The van der Waals surface area contributed by atoms with E-state index < -0.39 is 0 Å². The number of nitrogens with one attached hydrogen (secondary N) is 1. The van der Waals surface area contributed by atoms with Gasteiger partial charge in [0.05, 0.1) is 6.61 Å². The molecular formula is C15H20N2O3. The second kappa shape index (κ2) is 6.41. The molecule has 1 N–H and O–H groups in total. The lowest BCUT2D eigenvalue weighted by molar-refractivity contribution is -0.121. The number of hydrogen-bond donors (Lipinski definition) is 1. The first-order chi connectivity index (χ1) is 9.54.